The van der Waals surface area contributed by atoms with E-state index in [-0.39, 0.29) is 12.3 Å². The van der Waals surface area contributed by atoms with Gasteiger partial charge >= 0.3 is 5.97 Å². The summed E-state index contributed by atoms with van der Waals surface area (Å²) in [4.78, 5) is 15.8. The van der Waals surface area contributed by atoms with Crippen LogP contribution >= 0.6 is 0 Å². The monoisotopic (exact) mass is 396 g/mol. The molecule has 1 unspecified atom stereocenters. The van der Waals surface area contributed by atoms with Crippen LogP contribution in [0, 0.1) is 0 Å². The molecule has 4 aromatic rings. The van der Waals surface area contributed by atoms with Crippen molar-refractivity contribution < 1.29 is 9.90 Å². The molecular formula is C26H24N2O2. The van der Waals surface area contributed by atoms with Crippen molar-refractivity contribution in [3.63, 3.8) is 0 Å². The Labute approximate surface area is 176 Å². The first-order valence-electron chi connectivity index (χ1n) is 10.0. The van der Waals surface area contributed by atoms with Crippen molar-refractivity contribution in [2.45, 2.75) is 24.8 Å². The van der Waals surface area contributed by atoms with E-state index in [9.17, 15) is 9.90 Å². The maximum atomic E-state index is 11.2. The minimum Gasteiger partial charge on any atom is -0.481 e. The minimum absolute atomic E-state index is 0.0476. The molecule has 0 saturated carbocycles. The molecule has 0 radical (unpaired) electrons. The van der Waals surface area contributed by atoms with Crippen LogP contribution in [0.3, 0.4) is 0 Å². The van der Waals surface area contributed by atoms with E-state index in [4.69, 9.17) is 0 Å². The predicted octanol–water partition coefficient (Wildman–Crippen LogP) is 5.30. The lowest BCUT2D eigenvalue weighted by Gasteiger charge is -2.37. The number of carboxylic acids is 1. The Bertz CT molecular complexity index is 1010. The topological polar surface area (TPSA) is 55.1 Å². The molecule has 0 saturated heterocycles. The molecule has 0 aliphatic carbocycles. The van der Waals surface area contributed by atoms with Gasteiger partial charge in [0.25, 0.3) is 0 Å². The fourth-order valence-corrected chi connectivity index (χ4v) is 4.13. The summed E-state index contributed by atoms with van der Waals surface area (Å²) < 4.78 is 2.11. The molecule has 4 rings (SSSR count). The van der Waals surface area contributed by atoms with Gasteiger partial charge in [-0.25, -0.2) is 4.98 Å². The number of imidazole rings is 1. The van der Waals surface area contributed by atoms with Crippen LogP contribution in [-0.4, -0.2) is 20.6 Å². The van der Waals surface area contributed by atoms with Gasteiger partial charge in [0.2, 0.25) is 0 Å². The fraction of sp³-hybridized carbons (Fsp3) is 0.154. The van der Waals surface area contributed by atoms with Gasteiger partial charge in [0, 0.05) is 12.1 Å². The van der Waals surface area contributed by atoms with E-state index in [1.165, 1.54) is 0 Å². The summed E-state index contributed by atoms with van der Waals surface area (Å²) in [5, 5.41) is 9.21. The van der Waals surface area contributed by atoms with Gasteiger partial charge in [0.15, 0.2) is 0 Å². The Balaban J connectivity index is 1.99. The molecule has 0 aliphatic heterocycles. The van der Waals surface area contributed by atoms with E-state index in [0.717, 1.165) is 22.4 Å². The highest BCUT2D eigenvalue weighted by atomic mass is 16.4. The summed E-state index contributed by atoms with van der Waals surface area (Å²) in [7, 11) is 0. The summed E-state index contributed by atoms with van der Waals surface area (Å²) in [5.74, 6) is -0.999. The quantitative estimate of drug-likeness (QED) is 0.431. The van der Waals surface area contributed by atoms with E-state index in [2.05, 4.69) is 45.9 Å². The van der Waals surface area contributed by atoms with Crippen molar-refractivity contribution in [3.05, 3.63) is 126 Å². The van der Waals surface area contributed by atoms with Gasteiger partial charge in [-0.2, -0.15) is 0 Å². The molecule has 0 spiro atoms. The zero-order valence-corrected chi connectivity index (χ0v) is 16.8. The molecule has 1 heterocycles. The lowest BCUT2D eigenvalue weighted by molar-refractivity contribution is -0.137. The van der Waals surface area contributed by atoms with Crippen molar-refractivity contribution in [3.8, 4) is 0 Å². The van der Waals surface area contributed by atoms with Gasteiger partial charge in [0.1, 0.15) is 5.54 Å². The number of rotatable bonds is 7. The molecule has 0 bridgehead atoms. The van der Waals surface area contributed by atoms with Crippen LogP contribution in [-0.2, 0) is 10.3 Å². The molecule has 0 fully saturated rings. The Morgan fingerprint density at radius 1 is 0.867 bits per heavy atom. The largest absolute Gasteiger partial charge is 0.481 e. The van der Waals surface area contributed by atoms with Crippen molar-refractivity contribution in [2.75, 3.05) is 0 Å². The molecular weight excluding hydrogens is 372 g/mol. The van der Waals surface area contributed by atoms with E-state index < -0.39 is 11.5 Å². The number of aromatic nitrogens is 2. The van der Waals surface area contributed by atoms with Gasteiger partial charge in [-0.3, -0.25) is 4.79 Å². The van der Waals surface area contributed by atoms with Crippen molar-refractivity contribution >= 4 is 5.97 Å². The van der Waals surface area contributed by atoms with Gasteiger partial charge < -0.3 is 9.67 Å². The van der Waals surface area contributed by atoms with E-state index in [1.807, 2.05) is 74.0 Å². The van der Waals surface area contributed by atoms with Crippen LogP contribution < -0.4 is 0 Å². The van der Waals surface area contributed by atoms with Crippen LogP contribution in [0.4, 0.5) is 0 Å². The van der Waals surface area contributed by atoms with Crippen LogP contribution in [0.1, 0.15) is 41.6 Å². The summed E-state index contributed by atoms with van der Waals surface area (Å²) in [6.45, 7) is 1.90. The molecule has 30 heavy (non-hydrogen) atoms. The lowest BCUT2D eigenvalue weighted by Crippen LogP contribution is -2.36. The molecule has 1 atom stereocenters. The average Bonchev–Trinajstić information content (AvgIpc) is 3.27. The Morgan fingerprint density at radius 2 is 1.30 bits per heavy atom. The molecule has 1 aromatic heterocycles. The molecule has 4 nitrogen and oxygen atoms in total. The van der Waals surface area contributed by atoms with Crippen LogP contribution in [0.5, 0.6) is 0 Å². The molecule has 0 aliphatic rings. The van der Waals surface area contributed by atoms with E-state index in [1.54, 1.807) is 0 Å². The third-order valence-corrected chi connectivity index (χ3v) is 5.55. The fourth-order valence-electron chi connectivity index (χ4n) is 4.13. The minimum atomic E-state index is -0.822. The van der Waals surface area contributed by atoms with Gasteiger partial charge in [-0.05, 0) is 16.7 Å². The summed E-state index contributed by atoms with van der Waals surface area (Å²) in [5.41, 5.74) is 3.47. The second-order valence-electron chi connectivity index (χ2n) is 7.51. The third kappa shape index (κ3) is 3.52. The summed E-state index contributed by atoms with van der Waals surface area (Å²) in [6, 6.07) is 31.0. The predicted molar refractivity (Wildman–Crippen MR) is 118 cm³/mol. The number of carbonyl (C=O) groups is 1. The Hall–Kier alpha value is -3.66. The number of hydrogen-bond donors (Lipinski definition) is 1. The third-order valence-electron chi connectivity index (χ3n) is 5.55. The number of carboxylic acid groups (broad SMARTS) is 1. The van der Waals surface area contributed by atoms with Crippen molar-refractivity contribution in [1.82, 2.24) is 9.55 Å². The first-order valence-corrected chi connectivity index (χ1v) is 10.0. The SMILES string of the molecule is CC(CC(=O)O)c1cn(C(c2ccccc2)(c2ccccc2)c2ccccc2)cn1. The highest BCUT2D eigenvalue weighted by Gasteiger charge is 2.38. The summed E-state index contributed by atoms with van der Waals surface area (Å²) in [6.07, 6.45) is 3.85. The molecule has 4 heteroatoms. The first kappa shape index (κ1) is 19.6. The van der Waals surface area contributed by atoms with Gasteiger partial charge in [-0.1, -0.05) is 97.9 Å². The van der Waals surface area contributed by atoms with Crippen LogP contribution in [0.2, 0.25) is 0 Å². The number of aliphatic carboxylic acids is 1. The van der Waals surface area contributed by atoms with Crippen LogP contribution in [0.25, 0.3) is 0 Å². The summed E-state index contributed by atoms with van der Waals surface area (Å²) >= 11 is 0. The maximum absolute atomic E-state index is 11.2. The van der Waals surface area contributed by atoms with E-state index in [0.29, 0.717) is 0 Å². The zero-order chi connectivity index (χ0) is 21.0. The zero-order valence-electron chi connectivity index (χ0n) is 16.8. The van der Waals surface area contributed by atoms with Crippen LogP contribution in [0.15, 0.2) is 104 Å². The van der Waals surface area contributed by atoms with Gasteiger partial charge in [0.05, 0.1) is 18.4 Å². The average molecular weight is 396 g/mol. The maximum Gasteiger partial charge on any atom is 0.304 e. The highest BCUT2D eigenvalue weighted by molar-refractivity contribution is 5.67. The Morgan fingerprint density at radius 3 is 1.70 bits per heavy atom. The lowest BCUT2D eigenvalue weighted by atomic mass is 9.76. The standard InChI is InChI=1S/C26H24N2O2/c1-20(17-25(29)30)24-18-28(19-27-24)26(21-11-5-2-6-12-21,22-13-7-3-8-14-22)23-15-9-4-10-16-23/h2-16,18-20H,17H2,1H3,(H,29,30). The normalized spacial score (nSPS) is 12.4. The van der Waals surface area contributed by atoms with E-state index >= 15 is 0 Å². The van der Waals surface area contributed by atoms with Gasteiger partial charge in [-0.15, -0.1) is 0 Å². The second kappa shape index (κ2) is 8.37. The number of hydrogen-bond acceptors (Lipinski definition) is 2. The van der Waals surface area contributed by atoms with Crippen molar-refractivity contribution in [2.24, 2.45) is 0 Å². The second-order valence-corrected chi connectivity index (χ2v) is 7.51. The molecule has 150 valence electrons. The Kier molecular flexibility index (Phi) is 5.48. The number of nitrogens with zero attached hydrogens (tertiary/aromatic N) is 2. The molecule has 3 aromatic carbocycles. The first-order chi connectivity index (χ1) is 14.6. The van der Waals surface area contributed by atoms with Crippen molar-refractivity contribution in [1.29, 1.82) is 0 Å². The number of benzene rings is 3. The highest BCUT2D eigenvalue weighted by Crippen LogP contribution is 2.41. The molecule has 0 amide bonds. The smallest absolute Gasteiger partial charge is 0.304 e. The molecule has 1 N–H and O–H groups in total.